The van der Waals surface area contributed by atoms with Crippen LogP contribution in [0.2, 0.25) is 0 Å². The second-order valence-corrected chi connectivity index (χ2v) is 13.1. The zero-order chi connectivity index (χ0) is 40.0. The molecule has 2 aromatic carbocycles. The van der Waals surface area contributed by atoms with Crippen LogP contribution in [0.25, 0.3) is 22.3 Å². The fourth-order valence-electron chi connectivity index (χ4n) is 6.25. The first-order chi connectivity index (χ1) is 26.1. The molecule has 0 amide bonds. The van der Waals surface area contributed by atoms with Gasteiger partial charge in [0.05, 0.1) is 19.8 Å². The molecule has 55 heavy (non-hydrogen) atoms. The first kappa shape index (κ1) is 40.7. The summed E-state index contributed by atoms with van der Waals surface area (Å²) in [5.74, 6) is -3.69. The summed E-state index contributed by atoms with van der Waals surface area (Å²) < 4.78 is 38.9. The number of ether oxygens (including phenoxy) is 6. The molecule has 3 fully saturated rings. The minimum absolute atomic E-state index is 0.120. The Labute approximate surface area is 307 Å². The molecular formula is C33H40O22. The summed E-state index contributed by atoms with van der Waals surface area (Å²) >= 11 is 0. The van der Waals surface area contributed by atoms with E-state index in [2.05, 4.69) is 0 Å². The van der Waals surface area contributed by atoms with Crippen molar-refractivity contribution in [2.75, 3.05) is 19.8 Å². The summed E-state index contributed by atoms with van der Waals surface area (Å²) in [6.45, 7) is -2.26. The number of phenols is 3. The SMILES string of the molecule is O=c1c(O[C@@H]2O[C@H](CO)[C@H](O)[C@H](O)[C@@H]2O)c(-c2ccc(O)c(O)c2)oc2cc(O[C@@H]3O[C@H](CO[C@@H]4O[C@H](CO)[C@H](O)[C@H](O)[C@@H]4O)[C@@H](O)[C@H](O)[C@H]3O)cc(O)c12. The minimum atomic E-state index is -1.99. The second-order valence-electron chi connectivity index (χ2n) is 13.1. The van der Waals surface area contributed by atoms with E-state index in [-0.39, 0.29) is 11.3 Å². The zero-order valence-electron chi connectivity index (χ0n) is 28.2. The lowest BCUT2D eigenvalue weighted by Crippen LogP contribution is -2.62. The average molecular weight is 789 g/mol. The summed E-state index contributed by atoms with van der Waals surface area (Å²) in [5, 5.41) is 143. The molecule has 22 nitrogen and oxygen atoms in total. The van der Waals surface area contributed by atoms with Crippen LogP contribution in [0, 0.1) is 0 Å². The van der Waals surface area contributed by atoms with Gasteiger partial charge in [0.1, 0.15) is 95.7 Å². The van der Waals surface area contributed by atoms with Crippen molar-refractivity contribution in [2.24, 2.45) is 0 Å². The Balaban J connectivity index is 1.30. The molecule has 3 aromatic rings. The van der Waals surface area contributed by atoms with Crippen LogP contribution in [0.3, 0.4) is 0 Å². The number of rotatable bonds is 10. The van der Waals surface area contributed by atoms with Crippen LogP contribution in [0.4, 0.5) is 0 Å². The average Bonchev–Trinajstić information content (AvgIpc) is 3.16. The van der Waals surface area contributed by atoms with Crippen LogP contribution in [0.15, 0.2) is 39.5 Å². The highest BCUT2D eigenvalue weighted by Gasteiger charge is 2.49. The second kappa shape index (κ2) is 16.3. The topological polar surface area (TPSA) is 369 Å². The van der Waals surface area contributed by atoms with Gasteiger partial charge in [0.2, 0.25) is 23.8 Å². The summed E-state index contributed by atoms with van der Waals surface area (Å²) in [5.41, 5.74) is -1.68. The van der Waals surface area contributed by atoms with E-state index in [0.29, 0.717) is 0 Å². The third-order valence-corrected chi connectivity index (χ3v) is 9.42. The van der Waals surface area contributed by atoms with Gasteiger partial charge in [-0.25, -0.2) is 0 Å². The van der Waals surface area contributed by atoms with Crippen molar-refractivity contribution in [1.29, 1.82) is 0 Å². The van der Waals surface area contributed by atoms with Gasteiger partial charge in [0, 0.05) is 17.7 Å². The molecule has 0 radical (unpaired) electrons. The maximum atomic E-state index is 13.9. The van der Waals surface area contributed by atoms with E-state index in [0.717, 1.165) is 24.3 Å². The van der Waals surface area contributed by atoms with Gasteiger partial charge >= 0.3 is 0 Å². The molecule has 4 heterocycles. The molecule has 3 aliphatic heterocycles. The standard InChI is InChI=1S/C33H40O22/c34-6-15-19(39)23(43)26(46)31(52-15)49-8-17-21(41)25(45)27(47)32(54-17)50-10-4-13(38)18-14(5-10)51-29(9-1-2-11(36)12(37)3-9)30(22(18)42)55-33-28(48)24(44)20(40)16(7-35)53-33/h1-5,15-17,19-21,23-28,31-41,43-48H,6-8H2/t15-,16-,17-,19+,20+,21-,23+,24+,25+,26+,27-,28+,31-,32-,33+/m1/s1. The molecule has 22 heteroatoms. The largest absolute Gasteiger partial charge is 0.507 e. The van der Waals surface area contributed by atoms with E-state index in [1.54, 1.807) is 0 Å². The lowest BCUT2D eigenvalue weighted by molar-refractivity contribution is -0.323. The lowest BCUT2D eigenvalue weighted by Gasteiger charge is -2.42. The van der Waals surface area contributed by atoms with Crippen molar-refractivity contribution in [3.63, 3.8) is 0 Å². The summed E-state index contributed by atoms with van der Waals surface area (Å²) in [6.07, 6.45) is -26.3. The van der Waals surface area contributed by atoms with Gasteiger partial charge in [-0.2, -0.15) is 0 Å². The van der Waals surface area contributed by atoms with Crippen LogP contribution < -0.4 is 14.9 Å². The molecule has 14 N–H and O–H groups in total. The monoisotopic (exact) mass is 788 g/mol. The highest BCUT2D eigenvalue weighted by atomic mass is 16.7. The van der Waals surface area contributed by atoms with E-state index in [1.807, 2.05) is 0 Å². The van der Waals surface area contributed by atoms with Crippen LogP contribution in [-0.4, -0.2) is 183 Å². The van der Waals surface area contributed by atoms with E-state index in [4.69, 9.17) is 32.8 Å². The number of fused-ring (bicyclic) bond motifs is 1. The van der Waals surface area contributed by atoms with Crippen molar-refractivity contribution in [1.82, 2.24) is 0 Å². The molecular weight excluding hydrogens is 748 g/mol. The molecule has 0 aliphatic carbocycles. The number of benzene rings is 2. The molecule has 0 saturated carbocycles. The smallest absolute Gasteiger partial charge is 0.239 e. The van der Waals surface area contributed by atoms with Gasteiger partial charge in [-0.1, -0.05) is 0 Å². The number of aliphatic hydroxyl groups excluding tert-OH is 11. The summed E-state index contributed by atoms with van der Waals surface area (Å²) in [7, 11) is 0. The van der Waals surface area contributed by atoms with E-state index in [9.17, 15) is 76.3 Å². The predicted octanol–water partition coefficient (Wildman–Crippen LogP) is -5.24. The molecule has 6 rings (SSSR count). The third kappa shape index (κ3) is 7.76. The summed E-state index contributed by atoms with van der Waals surface area (Å²) in [4.78, 5) is 13.9. The van der Waals surface area contributed by atoms with E-state index < -0.39 is 157 Å². The third-order valence-electron chi connectivity index (χ3n) is 9.42. The predicted molar refractivity (Wildman–Crippen MR) is 174 cm³/mol. The van der Waals surface area contributed by atoms with Crippen molar-refractivity contribution >= 4 is 11.0 Å². The Morgan fingerprint density at radius 2 is 1.09 bits per heavy atom. The molecule has 304 valence electrons. The maximum Gasteiger partial charge on any atom is 0.239 e. The normalized spacial score (nSPS) is 36.8. The fraction of sp³-hybridized carbons (Fsp3) is 0.545. The Hall–Kier alpha value is -3.95. The number of phenolic OH excluding ortho intramolecular Hbond substituents is 3. The Morgan fingerprint density at radius 1 is 0.564 bits per heavy atom. The van der Waals surface area contributed by atoms with Crippen molar-refractivity contribution in [3.05, 3.63) is 40.6 Å². The first-order valence-corrected chi connectivity index (χ1v) is 16.7. The lowest BCUT2D eigenvalue weighted by atomic mass is 9.98. The highest BCUT2D eigenvalue weighted by Crippen LogP contribution is 2.40. The Bertz CT molecular complexity index is 1870. The number of aromatic hydroxyl groups is 3. The molecule has 1 aromatic heterocycles. The van der Waals surface area contributed by atoms with Crippen molar-refractivity contribution < 1.29 is 104 Å². The maximum absolute atomic E-state index is 13.9. The fourth-order valence-corrected chi connectivity index (χ4v) is 6.25. The molecule has 15 atom stereocenters. The van der Waals surface area contributed by atoms with Crippen LogP contribution in [0.5, 0.6) is 28.7 Å². The van der Waals surface area contributed by atoms with Gasteiger partial charge in [-0.3, -0.25) is 4.79 Å². The first-order valence-electron chi connectivity index (χ1n) is 16.7. The number of hydrogen-bond acceptors (Lipinski definition) is 22. The number of hydrogen-bond donors (Lipinski definition) is 14. The van der Waals surface area contributed by atoms with Gasteiger partial charge in [0.25, 0.3) is 0 Å². The van der Waals surface area contributed by atoms with Crippen LogP contribution in [-0.2, 0) is 18.9 Å². The van der Waals surface area contributed by atoms with Gasteiger partial charge < -0.3 is 104 Å². The Morgan fingerprint density at radius 3 is 1.67 bits per heavy atom. The van der Waals surface area contributed by atoms with E-state index >= 15 is 0 Å². The molecule has 0 bridgehead atoms. The number of aliphatic hydroxyl groups is 11. The highest BCUT2D eigenvalue weighted by molar-refractivity contribution is 5.88. The quantitative estimate of drug-likeness (QED) is 0.0853. The van der Waals surface area contributed by atoms with Gasteiger partial charge in [-0.15, -0.1) is 0 Å². The van der Waals surface area contributed by atoms with Crippen molar-refractivity contribution in [3.8, 4) is 40.1 Å². The Kier molecular flexibility index (Phi) is 12.0. The van der Waals surface area contributed by atoms with E-state index in [1.165, 1.54) is 6.07 Å². The van der Waals surface area contributed by atoms with Crippen molar-refractivity contribution in [2.45, 2.75) is 92.1 Å². The molecule has 3 saturated heterocycles. The van der Waals surface area contributed by atoms with Crippen LogP contribution in [0.1, 0.15) is 0 Å². The van der Waals surface area contributed by atoms with Gasteiger partial charge in [0.15, 0.2) is 23.5 Å². The minimum Gasteiger partial charge on any atom is -0.507 e. The molecule has 3 aliphatic rings. The molecule has 0 spiro atoms. The zero-order valence-corrected chi connectivity index (χ0v) is 28.2. The van der Waals surface area contributed by atoms with Gasteiger partial charge in [-0.05, 0) is 18.2 Å². The van der Waals surface area contributed by atoms with Crippen LogP contribution >= 0.6 is 0 Å². The molecule has 0 unspecified atom stereocenters. The summed E-state index contributed by atoms with van der Waals surface area (Å²) in [6, 6.07) is 5.08.